The van der Waals surface area contributed by atoms with Crippen molar-refractivity contribution in [1.82, 2.24) is 9.88 Å². The first-order chi connectivity index (χ1) is 16.2. The lowest BCUT2D eigenvalue weighted by molar-refractivity contribution is -0.148. The van der Waals surface area contributed by atoms with Gasteiger partial charge in [0, 0.05) is 41.6 Å². The Morgan fingerprint density at radius 1 is 1.26 bits per heavy atom. The van der Waals surface area contributed by atoms with Crippen molar-refractivity contribution in [2.45, 2.75) is 44.9 Å². The number of rotatable bonds is 8. The number of methoxy groups -OCH3 is 1. The van der Waals surface area contributed by atoms with Crippen LogP contribution in [0.2, 0.25) is 5.02 Å². The minimum atomic E-state index is -1.08. The summed E-state index contributed by atoms with van der Waals surface area (Å²) < 4.78 is 5.38. The molecule has 0 radical (unpaired) electrons. The largest absolute Gasteiger partial charge is 0.496 e. The number of carboxylic acids is 1. The maximum Gasteiger partial charge on any atom is 0.337 e. The average Bonchev–Trinajstić information content (AvgIpc) is 2.96. The summed E-state index contributed by atoms with van der Waals surface area (Å²) in [6.45, 7) is 1.64. The first-order valence-electron chi connectivity index (χ1n) is 11.1. The second-order valence-corrected chi connectivity index (χ2v) is 8.78. The Bertz CT molecular complexity index is 1090. The molecule has 1 saturated heterocycles. The van der Waals surface area contributed by atoms with E-state index < -0.39 is 17.8 Å². The lowest BCUT2D eigenvalue weighted by atomic mass is 9.93. The Morgan fingerprint density at radius 2 is 2.03 bits per heavy atom. The number of Topliss-reactive ketones (excluding diaryl/α,β-unsaturated/α-hetero) is 1. The number of ether oxygens (including phenoxy) is 1. The van der Waals surface area contributed by atoms with E-state index in [1.54, 1.807) is 24.3 Å². The number of hydrogen-bond acceptors (Lipinski definition) is 6. The van der Waals surface area contributed by atoms with Gasteiger partial charge in [0.2, 0.25) is 11.8 Å². The monoisotopic (exact) mass is 486 g/mol. The van der Waals surface area contributed by atoms with Crippen LogP contribution in [0.3, 0.4) is 0 Å². The molecule has 2 atom stereocenters. The topological polar surface area (TPSA) is 114 Å². The number of pyridine rings is 1. The number of imide groups is 1. The van der Waals surface area contributed by atoms with Crippen LogP contribution in [0.15, 0.2) is 36.5 Å². The highest BCUT2D eigenvalue weighted by Crippen LogP contribution is 2.30. The van der Waals surface area contributed by atoms with Crippen molar-refractivity contribution in [3.63, 3.8) is 0 Å². The zero-order valence-electron chi connectivity index (χ0n) is 19.1. The second-order valence-electron chi connectivity index (χ2n) is 8.34. The predicted octanol–water partition coefficient (Wildman–Crippen LogP) is 3.90. The first-order valence-corrected chi connectivity index (χ1v) is 11.5. The third-order valence-corrected chi connectivity index (χ3v) is 6.33. The van der Waals surface area contributed by atoms with Gasteiger partial charge in [-0.3, -0.25) is 24.3 Å². The molecular weight excluding hydrogens is 460 g/mol. The number of halogens is 1. The highest BCUT2D eigenvalue weighted by atomic mass is 35.5. The summed E-state index contributed by atoms with van der Waals surface area (Å²) in [6, 6.07) is 8.16. The number of aromatic nitrogens is 1. The van der Waals surface area contributed by atoms with Crippen LogP contribution in [-0.4, -0.2) is 52.2 Å². The van der Waals surface area contributed by atoms with Crippen LogP contribution in [0, 0.1) is 5.92 Å². The van der Waals surface area contributed by atoms with Crippen molar-refractivity contribution >= 4 is 35.2 Å². The molecule has 1 aromatic carbocycles. The fraction of sp³-hybridized carbons (Fsp3) is 0.400. The number of carboxylic acid groups (broad SMARTS) is 1. The minimum Gasteiger partial charge on any atom is -0.496 e. The van der Waals surface area contributed by atoms with E-state index in [2.05, 4.69) is 4.98 Å². The van der Waals surface area contributed by atoms with E-state index in [-0.39, 0.29) is 42.6 Å². The minimum absolute atomic E-state index is 0.0118. The van der Waals surface area contributed by atoms with Crippen molar-refractivity contribution < 1.29 is 29.0 Å². The summed E-state index contributed by atoms with van der Waals surface area (Å²) in [5.41, 5.74) is 1.36. The number of aromatic carboxylic acids is 1. The Labute approximate surface area is 202 Å². The number of carbonyl (C=O) groups excluding carboxylic acids is 3. The molecule has 9 heteroatoms. The number of nitrogens with zero attached hydrogens (tertiary/aromatic N) is 2. The maximum atomic E-state index is 13.3. The van der Waals surface area contributed by atoms with Crippen molar-refractivity contribution in [2.24, 2.45) is 5.92 Å². The molecule has 3 rings (SSSR count). The van der Waals surface area contributed by atoms with Crippen LogP contribution < -0.4 is 4.74 Å². The lowest BCUT2D eigenvalue weighted by Crippen LogP contribution is -2.42. The fourth-order valence-electron chi connectivity index (χ4n) is 4.14. The molecule has 2 amide bonds. The number of amides is 2. The van der Waals surface area contributed by atoms with Crippen LogP contribution in [-0.2, 0) is 20.8 Å². The summed E-state index contributed by atoms with van der Waals surface area (Å²) in [4.78, 5) is 55.2. The summed E-state index contributed by atoms with van der Waals surface area (Å²) >= 11 is 6.12. The van der Waals surface area contributed by atoms with E-state index >= 15 is 0 Å². The Kier molecular flexibility index (Phi) is 8.39. The van der Waals surface area contributed by atoms with Gasteiger partial charge in [-0.25, -0.2) is 4.79 Å². The summed E-state index contributed by atoms with van der Waals surface area (Å²) in [5.74, 6) is -2.36. The van der Waals surface area contributed by atoms with Gasteiger partial charge in [0.15, 0.2) is 5.78 Å². The van der Waals surface area contributed by atoms with E-state index in [1.807, 2.05) is 6.92 Å². The molecule has 2 aromatic rings. The smallest absolute Gasteiger partial charge is 0.337 e. The number of ketones is 1. The zero-order chi connectivity index (χ0) is 24.8. The summed E-state index contributed by atoms with van der Waals surface area (Å²) in [6.07, 6.45) is 2.65. The van der Waals surface area contributed by atoms with Crippen LogP contribution >= 0.6 is 11.6 Å². The van der Waals surface area contributed by atoms with Crippen molar-refractivity contribution in [2.75, 3.05) is 13.7 Å². The van der Waals surface area contributed by atoms with E-state index in [4.69, 9.17) is 21.4 Å². The molecule has 0 unspecified atom stereocenters. The molecule has 1 N–H and O–H groups in total. The van der Waals surface area contributed by atoms with Gasteiger partial charge in [-0.1, -0.05) is 18.5 Å². The van der Waals surface area contributed by atoms with Crippen LogP contribution in [0.5, 0.6) is 5.75 Å². The fourth-order valence-corrected chi connectivity index (χ4v) is 4.33. The Hall–Kier alpha value is -3.26. The number of likely N-dealkylation sites (tertiary alicyclic amines) is 1. The van der Waals surface area contributed by atoms with Gasteiger partial charge < -0.3 is 9.84 Å². The highest BCUT2D eigenvalue weighted by molar-refractivity contribution is 6.30. The molecule has 0 spiro atoms. The molecule has 1 fully saturated rings. The predicted molar refractivity (Wildman–Crippen MR) is 125 cm³/mol. The van der Waals surface area contributed by atoms with E-state index in [0.717, 1.165) is 10.5 Å². The molecular formula is C25H27ClN2O6. The average molecular weight is 487 g/mol. The number of carbonyl (C=O) groups is 4. The molecule has 1 aliphatic rings. The normalized spacial score (nSPS) is 17.3. The number of hydrogen-bond donors (Lipinski definition) is 1. The molecule has 1 aromatic heterocycles. The standard InChI is InChI=1S/C25H27ClN2O6/c1-3-15(21-8-5-17(13-27-21)25(32)33)12-23(30)28-14-20(29)7-4-16(24(28)31)10-18-11-19(26)6-9-22(18)34-2/h5-6,8-9,11,13,15-16H,3-4,7,10,12,14H2,1-2H3,(H,32,33)/t15-,16-/m0/s1. The third-order valence-electron chi connectivity index (χ3n) is 6.10. The molecule has 2 heterocycles. The van der Waals surface area contributed by atoms with Crippen molar-refractivity contribution in [3.05, 3.63) is 58.4 Å². The van der Waals surface area contributed by atoms with Gasteiger partial charge >= 0.3 is 5.97 Å². The van der Waals surface area contributed by atoms with Gasteiger partial charge in [0.05, 0.1) is 19.2 Å². The number of benzene rings is 1. The van der Waals surface area contributed by atoms with Gasteiger partial charge in [0.25, 0.3) is 0 Å². The lowest BCUT2D eigenvalue weighted by Gasteiger charge is -2.24. The Morgan fingerprint density at radius 3 is 2.65 bits per heavy atom. The maximum absolute atomic E-state index is 13.3. The summed E-state index contributed by atoms with van der Waals surface area (Å²) in [7, 11) is 1.53. The first kappa shape index (κ1) is 25.4. The molecule has 1 aliphatic heterocycles. The van der Waals surface area contributed by atoms with Crippen molar-refractivity contribution in [3.8, 4) is 5.75 Å². The van der Waals surface area contributed by atoms with Crippen molar-refractivity contribution in [1.29, 1.82) is 0 Å². The SMILES string of the molecule is CC[C@@H](CC(=O)N1CC(=O)CC[C@@H](Cc2cc(Cl)ccc2OC)C1=O)c1ccc(C(=O)O)cn1. The molecule has 8 nitrogen and oxygen atoms in total. The summed E-state index contributed by atoms with van der Waals surface area (Å²) in [5, 5.41) is 9.57. The third kappa shape index (κ3) is 5.99. The van der Waals surface area contributed by atoms with Gasteiger partial charge in [-0.05, 0) is 55.2 Å². The molecule has 0 aliphatic carbocycles. The molecule has 0 bridgehead atoms. The van der Waals surface area contributed by atoms with E-state index in [1.165, 1.54) is 19.4 Å². The van der Waals surface area contributed by atoms with Crippen LogP contribution in [0.25, 0.3) is 0 Å². The molecule has 0 saturated carbocycles. The van der Waals surface area contributed by atoms with Gasteiger partial charge in [-0.15, -0.1) is 0 Å². The Balaban J connectivity index is 1.79. The van der Waals surface area contributed by atoms with E-state index in [9.17, 15) is 19.2 Å². The van der Waals surface area contributed by atoms with E-state index in [0.29, 0.717) is 35.7 Å². The van der Waals surface area contributed by atoms with Crippen LogP contribution in [0.4, 0.5) is 0 Å². The quantitative estimate of drug-likeness (QED) is 0.601. The highest BCUT2D eigenvalue weighted by Gasteiger charge is 2.35. The second kappa shape index (κ2) is 11.2. The van der Waals surface area contributed by atoms with Gasteiger partial charge in [-0.2, -0.15) is 0 Å². The van der Waals surface area contributed by atoms with Gasteiger partial charge in [0.1, 0.15) is 5.75 Å². The zero-order valence-corrected chi connectivity index (χ0v) is 19.9. The van der Waals surface area contributed by atoms with Crippen LogP contribution in [0.1, 0.15) is 60.1 Å². The molecule has 180 valence electrons. The molecule has 34 heavy (non-hydrogen) atoms.